The number of fused-ring (bicyclic) bond motifs is 1. The van der Waals surface area contributed by atoms with Crippen LogP contribution in [0.1, 0.15) is 11.3 Å². The largest absolute Gasteiger partial charge is 0.272 e. The van der Waals surface area contributed by atoms with E-state index in [-0.39, 0.29) is 5.56 Å². The smallest absolute Gasteiger partial charge is 0.255 e. The van der Waals surface area contributed by atoms with E-state index in [2.05, 4.69) is 10.1 Å². The molecule has 2 heterocycles. The molecule has 0 saturated heterocycles. The zero-order valence-electron chi connectivity index (χ0n) is 11.3. The van der Waals surface area contributed by atoms with Gasteiger partial charge in [-0.05, 0) is 18.7 Å². The van der Waals surface area contributed by atoms with Crippen LogP contribution in [0.15, 0.2) is 46.3 Å². The number of nitrogens with zero attached hydrogens (tertiary/aromatic N) is 4. The first-order chi connectivity index (χ1) is 9.69. The van der Waals surface area contributed by atoms with Crippen LogP contribution in [0.25, 0.3) is 5.78 Å². The minimum atomic E-state index is -0.0566. The molecule has 0 bridgehead atoms. The Bertz CT molecular complexity index is 807. The molecule has 102 valence electrons. The SMILES string of the molecule is CSc1nc2n(Cc3ccccc3)c(=O)cc(C)n2n1. The summed E-state index contributed by atoms with van der Waals surface area (Å²) in [5.74, 6) is 0.586. The highest BCUT2D eigenvalue weighted by molar-refractivity contribution is 7.98. The normalized spacial score (nSPS) is 11.1. The molecule has 1 aromatic carbocycles. The third-order valence-electron chi connectivity index (χ3n) is 3.11. The van der Waals surface area contributed by atoms with Gasteiger partial charge in [-0.25, -0.2) is 4.52 Å². The summed E-state index contributed by atoms with van der Waals surface area (Å²) < 4.78 is 3.37. The van der Waals surface area contributed by atoms with E-state index in [4.69, 9.17) is 0 Å². The molecule has 0 saturated carbocycles. The van der Waals surface area contributed by atoms with Crippen molar-refractivity contribution in [3.05, 3.63) is 58.0 Å². The summed E-state index contributed by atoms with van der Waals surface area (Å²) in [5.41, 5.74) is 1.80. The van der Waals surface area contributed by atoms with Crippen molar-refractivity contribution in [2.24, 2.45) is 0 Å². The molecule has 0 aliphatic heterocycles. The molecule has 6 heteroatoms. The summed E-state index contributed by atoms with van der Waals surface area (Å²) in [6.45, 7) is 2.36. The average Bonchev–Trinajstić information content (AvgIpc) is 2.89. The summed E-state index contributed by atoms with van der Waals surface area (Å²) in [7, 11) is 0. The predicted molar refractivity (Wildman–Crippen MR) is 79.3 cm³/mol. The van der Waals surface area contributed by atoms with Crippen molar-refractivity contribution >= 4 is 17.5 Å². The Labute approximate surface area is 120 Å². The maximum absolute atomic E-state index is 12.2. The molecule has 2 aromatic heterocycles. The van der Waals surface area contributed by atoms with Crippen molar-refractivity contribution in [2.75, 3.05) is 6.26 Å². The van der Waals surface area contributed by atoms with E-state index in [1.807, 2.05) is 43.5 Å². The summed E-state index contributed by atoms with van der Waals surface area (Å²) in [4.78, 5) is 16.7. The maximum Gasteiger partial charge on any atom is 0.255 e. The second-order valence-corrected chi connectivity index (χ2v) is 5.28. The van der Waals surface area contributed by atoms with E-state index in [0.29, 0.717) is 17.5 Å². The molecule has 20 heavy (non-hydrogen) atoms. The third kappa shape index (κ3) is 2.22. The summed E-state index contributed by atoms with van der Waals surface area (Å²) in [5, 5.41) is 5.05. The van der Waals surface area contributed by atoms with E-state index in [9.17, 15) is 4.79 Å². The van der Waals surface area contributed by atoms with Gasteiger partial charge < -0.3 is 0 Å². The van der Waals surface area contributed by atoms with Gasteiger partial charge in [-0.1, -0.05) is 42.1 Å². The standard InChI is InChI=1S/C14H14N4OS/c1-10-8-12(19)17(9-11-6-4-3-5-7-11)14-15-13(20-2)16-18(10)14/h3-8H,9H2,1-2H3. The lowest BCUT2D eigenvalue weighted by molar-refractivity contribution is 0.729. The van der Waals surface area contributed by atoms with E-state index in [0.717, 1.165) is 11.3 Å². The van der Waals surface area contributed by atoms with Crippen molar-refractivity contribution < 1.29 is 0 Å². The lowest BCUT2D eigenvalue weighted by Crippen LogP contribution is -2.23. The van der Waals surface area contributed by atoms with Gasteiger partial charge in [-0.3, -0.25) is 9.36 Å². The van der Waals surface area contributed by atoms with Gasteiger partial charge in [0.25, 0.3) is 5.56 Å². The van der Waals surface area contributed by atoms with E-state index in [1.54, 1.807) is 15.1 Å². The number of benzene rings is 1. The van der Waals surface area contributed by atoms with Crippen LogP contribution in [0.4, 0.5) is 0 Å². The van der Waals surface area contributed by atoms with Crippen LogP contribution in [0.3, 0.4) is 0 Å². The quantitative estimate of drug-likeness (QED) is 0.691. The fourth-order valence-electron chi connectivity index (χ4n) is 2.11. The number of aromatic nitrogens is 4. The van der Waals surface area contributed by atoms with Gasteiger partial charge >= 0.3 is 0 Å². The molecule has 0 unspecified atom stereocenters. The summed E-state index contributed by atoms with van der Waals surface area (Å²) in [6.07, 6.45) is 1.92. The molecule has 0 radical (unpaired) electrons. The Morgan fingerprint density at radius 3 is 2.70 bits per heavy atom. The number of aryl methyl sites for hydroxylation is 1. The first-order valence-electron chi connectivity index (χ1n) is 6.24. The Morgan fingerprint density at radius 2 is 2.00 bits per heavy atom. The van der Waals surface area contributed by atoms with Crippen LogP contribution < -0.4 is 5.56 Å². The first kappa shape index (κ1) is 12.9. The van der Waals surface area contributed by atoms with Crippen LogP contribution in [0.2, 0.25) is 0 Å². The number of rotatable bonds is 3. The second kappa shape index (κ2) is 5.13. The molecule has 0 amide bonds. The van der Waals surface area contributed by atoms with Crippen molar-refractivity contribution in [1.29, 1.82) is 0 Å². The monoisotopic (exact) mass is 286 g/mol. The molecule has 3 rings (SSSR count). The van der Waals surface area contributed by atoms with Gasteiger partial charge in [0.05, 0.1) is 6.54 Å². The van der Waals surface area contributed by atoms with Crippen LogP contribution in [-0.4, -0.2) is 25.4 Å². The van der Waals surface area contributed by atoms with E-state index >= 15 is 0 Å². The average molecular weight is 286 g/mol. The Kier molecular flexibility index (Phi) is 3.31. The van der Waals surface area contributed by atoms with Crippen LogP contribution in [0.5, 0.6) is 0 Å². The molecule has 0 atom stereocenters. The van der Waals surface area contributed by atoms with Crippen molar-refractivity contribution in [2.45, 2.75) is 18.6 Å². The fourth-order valence-corrected chi connectivity index (χ4v) is 2.45. The van der Waals surface area contributed by atoms with Gasteiger partial charge in [-0.2, -0.15) is 4.98 Å². The van der Waals surface area contributed by atoms with Crippen LogP contribution >= 0.6 is 11.8 Å². The zero-order valence-corrected chi connectivity index (χ0v) is 12.1. The summed E-state index contributed by atoms with van der Waals surface area (Å²) in [6, 6.07) is 11.5. The van der Waals surface area contributed by atoms with Gasteiger partial charge in [0.2, 0.25) is 10.9 Å². The maximum atomic E-state index is 12.2. The molecule has 3 aromatic rings. The van der Waals surface area contributed by atoms with Crippen LogP contribution in [0, 0.1) is 6.92 Å². The summed E-state index contributed by atoms with van der Waals surface area (Å²) >= 11 is 1.47. The Morgan fingerprint density at radius 1 is 1.25 bits per heavy atom. The minimum Gasteiger partial charge on any atom is -0.272 e. The van der Waals surface area contributed by atoms with Gasteiger partial charge in [0.15, 0.2) is 0 Å². The van der Waals surface area contributed by atoms with Gasteiger partial charge in [0, 0.05) is 11.8 Å². The van der Waals surface area contributed by atoms with Crippen LogP contribution in [-0.2, 0) is 6.54 Å². The Balaban J connectivity index is 2.19. The number of hydrogen-bond donors (Lipinski definition) is 0. The highest BCUT2D eigenvalue weighted by atomic mass is 32.2. The molecule has 5 nitrogen and oxygen atoms in total. The third-order valence-corrected chi connectivity index (χ3v) is 3.65. The second-order valence-electron chi connectivity index (χ2n) is 4.51. The predicted octanol–water partition coefficient (Wildman–Crippen LogP) is 1.97. The highest BCUT2D eigenvalue weighted by Gasteiger charge is 2.11. The Hall–Kier alpha value is -2.08. The van der Waals surface area contributed by atoms with Crippen molar-refractivity contribution in [1.82, 2.24) is 19.2 Å². The minimum absolute atomic E-state index is 0.0566. The lowest BCUT2D eigenvalue weighted by Gasteiger charge is -2.08. The van der Waals surface area contributed by atoms with Crippen molar-refractivity contribution in [3.8, 4) is 0 Å². The molecule has 0 aliphatic rings. The molecule has 0 spiro atoms. The molecule has 0 aliphatic carbocycles. The van der Waals surface area contributed by atoms with E-state index < -0.39 is 0 Å². The number of hydrogen-bond acceptors (Lipinski definition) is 4. The molecular weight excluding hydrogens is 272 g/mol. The van der Waals surface area contributed by atoms with Crippen molar-refractivity contribution in [3.63, 3.8) is 0 Å². The molecular formula is C14H14N4OS. The number of thioether (sulfide) groups is 1. The lowest BCUT2D eigenvalue weighted by atomic mass is 10.2. The first-order valence-corrected chi connectivity index (χ1v) is 7.46. The highest BCUT2D eigenvalue weighted by Crippen LogP contribution is 2.12. The van der Waals surface area contributed by atoms with E-state index in [1.165, 1.54) is 11.8 Å². The van der Waals surface area contributed by atoms with Gasteiger partial charge in [-0.15, -0.1) is 5.10 Å². The topological polar surface area (TPSA) is 52.2 Å². The zero-order chi connectivity index (χ0) is 14.1. The molecule has 0 fully saturated rings. The van der Waals surface area contributed by atoms with Gasteiger partial charge in [0.1, 0.15) is 0 Å². The fraction of sp³-hybridized carbons (Fsp3) is 0.214. The molecule has 0 N–H and O–H groups in total.